The highest BCUT2D eigenvalue weighted by atomic mass is 32.2. The van der Waals surface area contributed by atoms with E-state index in [1.54, 1.807) is 30.3 Å². The summed E-state index contributed by atoms with van der Waals surface area (Å²) in [5.74, 6) is 0.511. The number of sulfonamides is 1. The van der Waals surface area contributed by atoms with Crippen molar-refractivity contribution in [2.75, 3.05) is 24.3 Å². The fourth-order valence-corrected chi connectivity index (χ4v) is 4.83. The second-order valence-corrected chi connectivity index (χ2v) is 9.26. The predicted molar refractivity (Wildman–Crippen MR) is 133 cm³/mol. The van der Waals surface area contributed by atoms with E-state index in [0.717, 1.165) is 16.3 Å². The fourth-order valence-electron chi connectivity index (χ4n) is 3.57. The molecule has 4 rings (SSSR count). The predicted octanol–water partition coefficient (Wildman–Crippen LogP) is 4.84. The molecular formula is C26H24N2O5S. The average molecular weight is 477 g/mol. The molecule has 8 heteroatoms. The van der Waals surface area contributed by atoms with Crippen LogP contribution < -0.4 is 19.5 Å². The molecule has 0 bridgehead atoms. The standard InChI is InChI=1S/C26H24N2O5S/c1-32-23-12-9-21(10-13-23)28-34(30,31)25-17-22(11-14-24(25)33-2)27-26(29)16-18-7-8-19-5-3-4-6-20(19)15-18/h3-15,17,28H,16H2,1-2H3,(H,27,29). The van der Waals surface area contributed by atoms with Crippen molar-refractivity contribution >= 4 is 38.1 Å². The first kappa shape index (κ1) is 23.1. The molecule has 1 amide bonds. The van der Waals surface area contributed by atoms with Crippen LogP contribution in [0.15, 0.2) is 89.8 Å². The maximum absolute atomic E-state index is 13.1. The van der Waals surface area contributed by atoms with Gasteiger partial charge in [0.05, 0.1) is 20.6 Å². The molecule has 34 heavy (non-hydrogen) atoms. The number of anilines is 2. The Balaban J connectivity index is 1.52. The molecule has 0 saturated carbocycles. The molecule has 2 N–H and O–H groups in total. The molecule has 0 atom stereocenters. The number of methoxy groups -OCH3 is 2. The molecule has 174 valence electrons. The number of ether oxygens (including phenoxy) is 2. The van der Waals surface area contributed by atoms with Crippen LogP contribution in [0.25, 0.3) is 10.8 Å². The summed E-state index contributed by atoms with van der Waals surface area (Å²) in [5, 5.41) is 4.93. The maximum Gasteiger partial charge on any atom is 0.265 e. The number of nitrogens with one attached hydrogen (secondary N) is 2. The van der Waals surface area contributed by atoms with Gasteiger partial charge in [0.2, 0.25) is 5.91 Å². The van der Waals surface area contributed by atoms with Crippen LogP contribution in [0, 0.1) is 0 Å². The summed E-state index contributed by atoms with van der Waals surface area (Å²) >= 11 is 0. The molecule has 0 aromatic heterocycles. The Hall–Kier alpha value is -4.04. The number of benzene rings is 4. The molecule has 0 heterocycles. The van der Waals surface area contributed by atoms with Gasteiger partial charge >= 0.3 is 0 Å². The van der Waals surface area contributed by atoms with Crippen molar-refractivity contribution < 1.29 is 22.7 Å². The quantitative estimate of drug-likeness (QED) is 0.380. The highest BCUT2D eigenvalue weighted by Crippen LogP contribution is 2.29. The minimum Gasteiger partial charge on any atom is -0.497 e. The first-order chi connectivity index (χ1) is 16.4. The fraction of sp³-hybridized carbons (Fsp3) is 0.115. The molecule has 4 aromatic carbocycles. The summed E-state index contributed by atoms with van der Waals surface area (Å²) in [6, 6.07) is 24.8. The van der Waals surface area contributed by atoms with E-state index in [1.807, 2.05) is 42.5 Å². The summed E-state index contributed by atoms with van der Waals surface area (Å²) < 4.78 is 39.0. The lowest BCUT2D eigenvalue weighted by molar-refractivity contribution is -0.115. The number of hydrogen-bond acceptors (Lipinski definition) is 5. The third-order valence-corrected chi connectivity index (χ3v) is 6.66. The van der Waals surface area contributed by atoms with E-state index in [4.69, 9.17) is 9.47 Å². The van der Waals surface area contributed by atoms with Crippen LogP contribution in [0.4, 0.5) is 11.4 Å². The molecule has 0 fully saturated rings. The smallest absolute Gasteiger partial charge is 0.265 e. The van der Waals surface area contributed by atoms with Gasteiger partial charge in [0.15, 0.2) is 0 Å². The Morgan fingerprint density at radius 1 is 0.794 bits per heavy atom. The molecule has 0 radical (unpaired) electrons. The zero-order valence-corrected chi connectivity index (χ0v) is 19.6. The van der Waals surface area contributed by atoms with Crippen LogP contribution in [0.1, 0.15) is 5.56 Å². The Morgan fingerprint density at radius 2 is 1.50 bits per heavy atom. The van der Waals surface area contributed by atoms with Gasteiger partial charge in [-0.05, 0) is 58.8 Å². The number of carbonyl (C=O) groups is 1. The van der Waals surface area contributed by atoms with Crippen LogP contribution in [-0.2, 0) is 21.2 Å². The summed E-state index contributed by atoms with van der Waals surface area (Å²) in [7, 11) is -1.06. The van der Waals surface area contributed by atoms with E-state index in [1.165, 1.54) is 26.4 Å². The van der Waals surface area contributed by atoms with Crippen molar-refractivity contribution in [2.45, 2.75) is 11.3 Å². The highest BCUT2D eigenvalue weighted by molar-refractivity contribution is 7.92. The van der Waals surface area contributed by atoms with Gasteiger partial charge in [0.1, 0.15) is 16.4 Å². The van der Waals surface area contributed by atoms with Crippen molar-refractivity contribution in [3.05, 3.63) is 90.5 Å². The van der Waals surface area contributed by atoms with Gasteiger partial charge in [-0.2, -0.15) is 0 Å². The summed E-state index contributed by atoms with van der Waals surface area (Å²) in [6.45, 7) is 0. The number of amides is 1. The minimum atomic E-state index is -3.98. The molecule has 7 nitrogen and oxygen atoms in total. The lowest BCUT2D eigenvalue weighted by atomic mass is 10.0. The van der Waals surface area contributed by atoms with Crippen LogP contribution >= 0.6 is 0 Å². The largest absolute Gasteiger partial charge is 0.497 e. The lowest BCUT2D eigenvalue weighted by Gasteiger charge is -2.14. The Kier molecular flexibility index (Phi) is 6.70. The minimum absolute atomic E-state index is 0.0886. The average Bonchev–Trinajstić information content (AvgIpc) is 2.84. The molecule has 4 aromatic rings. The molecule has 0 aliphatic rings. The zero-order valence-electron chi connectivity index (χ0n) is 18.7. The van der Waals surface area contributed by atoms with Gasteiger partial charge in [-0.25, -0.2) is 8.42 Å². The van der Waals surface area contributed by atoms with Crippen molar-refractivity contribution in [3.8, 4) is 11.5 Å². The number of rotatable bonds is 8. The molecular weight excluding hydrogens is 452 g/mol. The SMILES string of the molecule is COc1ccc(NS(=O)(=O)c2cc(NC(=O)Cc3ccc4ccccc4c3)ccc2OC)cc1. The topological polar surface area (TPSA) is 93.7 Å². The molecule has 0 aliphatic carbocycles. The third kappa shape index (κ3) is 5.29. The Morgan fingerprint density at radius 3 is 2.21 bits per heavy atom. The molecule has 0 spiro atoms. The first-order valence-electron chi connectivity index (χ1n) is 10.5. The second kappa shape index (κ2) is 9.84. The van der Waals surface area contributed by atoms with Crippen molar-refractivity contribution in [1.29, 1.82) is 0 Å². The maximum atomic E-state index is 13.1. The number of carbonyl (C=O) groups excluding carboxylic acids is 1. The summed E-state index contributed by atoms with van der Waals surface area (Å²) in [4.78, 5) is 12.6. The normalized spacial score (nSPS) is 11.1. The zero-order chi connectivity index (χ0) is 24.1. The molecule has 0 unspecified atom stereocenters. The van der Waals surface area contributed by atoms with E-state index in [-0.39, 0.29) is 23.0 Å². The summed E-state index contributed by atoms with van der Waals surface area (Å²) in [6.07, 6.45) is 0.156. The van der Waals surface area contributed by atoms with Crippen LogP contribution in [-0.4, -0.2) is 28.5 Å². The van der Waals surface area contributed by atoms with E-state index in [0.29, 0.717) is 17.1 Å². The van der Waals surface area contributed by atoms with Gasteiger partial charge < -0.3 is 14.8 Å². The second-order valence-electron chi connectivity index (χ2n) is 7.61. The van der Waals surface area contributed by atoms with Crippen LogP contribution in [0.5, 0.6) is 11.5 Å². The van der Waals surface area contributed by atoms with Crippen molar-refractivity contribution in [2.24, 2.45) is 0 Å². The van der Waals surface area contributed by atoms with E-state index in [2.05, 4.69) is 10.0 Å². The highest BCUT2D eigenvalue weighted by Gasteiger charge is 2.21. The van der Waals surface area contributed by atoms with Crippen LogP contribution in [0.2, 0.25) is 0 Å². The lowest BCUT2D eigenvalue weighted by Crippen LogP contribution is -2.17. The Labute approximate surface area is 198 Å². The number of fused-ring (bicyclic) bond motifs is 1. The van der Waals surface area contributed by atoms with Crippen molar-refractivity contribution in [3.63, 3.8) is 0 Å². The van der Waals surface area contributed by atoms with Gasteiger partial charge in [-0.15, -0.1) is 0 Å². The monoisotopic (exact) mass is 476 g/mol. The van der Waals surface area contributed by atoms with Crippen LogP contribution in [0.3, 0.4) is 0 Å². The van der Waals surface area contributed by atoms with Gasteiger partial charge in [0.25, 0.3) is 10.0 Å². The van der Waals surface area contributed by atoms with Crippen molar-refractivity contribution in [1.82, 2.24) is 0 Å². The summed E-state index contributed by atoms with van der Waals surface area (Å²) in [5.41, 5.74) is 1.58. The van der Waals surface area contributed by atoms with E-state index >= 15 is 0 Å². The number of hydrogen-bond donors (Lipinski definition) is 2. The molecule has 0 aliphatic heterocycles. The third-order valence-electron chi connectivity index (χ3n) is 5.26. The first-order valence-corrected chi connectivity index (χ1v) is 12.0. The Bertz CT molecular complexity index is 1430. The van der Waals surface area contributed by atoms with Gasteiger partial charge in [0, 0.05) is 11.4 Å². The molecule has 0 saturated heterocycles. The van der Waals surface area contributed by atoms with E-state index in [9.17, 15) is 13.2 Å². The van der Waals surface area contributed by atoms with Gasteiger partial charge in [-0.1, -0.05) is 42.5 Å². The van der Waals surface area contributed by atoms with E-state index < -0.39 is 10.0 Å². The van der Waals surface area contributed by atoms with Gasteiger partial charge in [-0.3, -0.25) is 9.52 Å².